The third-order valence-corrected chi connectivity index (χ3v) is 8.94. The van der Waals surface area contributed by atoms with E-state index in [9.17, 15) is 29.7 Å². The van der Waals surface area contributed by atoms with Gasteiger partial charge in [-0.15, -0.1) is 0 Å². The van der Waals surface area contributed by atoms with E-state index < -0.39 is 30.2 Å². The Hall–Kier alpha value is -2.59. The smallest absolute Gasteiger partial charge is 0.316 e. The number of aliphatic carboxylic acids is 3. The van der Waals surface area contributed by atoms with Crippen LogP contribution in [0.5, 0.6) is 0 Å². The van der Waals surface area contributed by atoms with Gasteiger partial charge in [-0.05, 0) is 74.1 Å². The number of rotatable bonds is 8. The molecule has 0 saturated carbocycles. The van der Waals surface area contributed by atoms with E-state index >= 15 is 0 Å². The van der Waals surface area contributed by atoms with Crippen LogP contribution in [0.4, 0.5) is 0 Å². The molecule has 0 aliphatic carbocycles. The molecule has 0 aromatic carbocycles. The zero-order valence-corrected chi connectivity index (χ0v) is 25.5. The van der Waals surface area contributed by atoms with Crippen molar-refractivity contribution in [1.82, 2.24) is 19.9 Å². The van der Waals surface area contributed by atoms with Crippen molar-refractivity contribution in [1.29, 1.82) is 0 Å². The van der Waals surface area contributed by atoms with E-state index in [1.54, 1.807) is 13.0 Å². The number of hydrogen-bond acceptors (Lipinski definition) is 5. The van der Waals surface area contributed by atoms with Crippen molar-refractivity contribution >= 4 is 132 Å². The van der Waals surface area contributed by atoms with Crippen LogP contribution in [0, 0.1) is 13.8 Å². The third-order valence-electron chi connectivity index (χ3n) is 8.94. The van der Waals surface area contributed by atoms with E-state index in [4.69, 9.17) is 9.97 Å². The van der Waals surface area contributed by atoms with Crippen LogP contribution in [0.3, 0.4) is 0 Å². The molecule has 3 aromatic rings. The molecular formula is C34H39KMgN4O6. The molecule has 2 aliphatic rings. The molecule has 5 rings (SSSR count). The predicted octanol–water partition coefficient (Wildman–Crippen LogP) is 4.97. The summed E-state index contributed by atoms with van der Waals surface area (Å²) in [5.41, 5.74) is 9.23. The molecule has 0 radical (unpaired) electrons. The molecule has 2 atom stereocenters. The normalized spacial score (nSPS) is 15.6. The van der Waals surface area contributed by atoms with Crippen molar-refractivity contribution in [3.8, 4) is 0 Å². The summed E-state index contributed by atoms with van der Waals surface area (Å²) < 4.78 is 0. The maximum Gasteiger partial charge on any atom is 0.316 e. The van der Waals surface area contributed by atoms with Gasteiger partial charge in [-0.1, -0.05) is 26.5 Å². The van der Waals surface area contributed by atoms with E-state index in [2.05, 4.69) is 16.5 Å². The Labute approximate surface area is 325 Å². The van der Waals surface area contributed by atoms with Crippen LogP contribution in [0.25, 0.3) is 39.3 Å². The Balaban J connectivity index is 0.00000288. The number of nitrogens with one attached hydrogen (secondary N) is 2. The van der Waals surface area contributed by atoms with E-state index in [0.29, 0.717) is 29.1 Å². The molecule has 0 saturated heterocycles. The fourth-order valence-corrected chi connectivity index (χ4v) is 6.53. The van der Waals surface area contributed by atoms with Crippen molar-refractivity contribution < 1.29 is 29.7 Å². The molecule has 3 aromatic heterocycles. The molecule has 0 fully saturated rings. The van der Waals surface area contributed by atoms with Crippen LogP contribution >= 0.6 is 0 Å². The van der Waals surface area contributed by atoms with Gasteiger partial charge in [-0.2, -0.15) is 0 Å². The molecule has 10 nitrogen and oxygen atoms in total. The van der Waals surface area contributed by atoms with Crippen LogP contribution in [0.2, 0.25) is 0 Å². The summed E-state index contributed by atoms with van der Waals surface area (Å²) in [5, 5.41) is 29.9. The van der Waals surface area contributed by atoms with E-state index in [0.717, 1.165) is 44.3 Å². The molecule has 234 valence electrons. The Morgan fingerprint density at radius 3 is 2.15 bits per heavy atom. The molecule has 0 spiro atoms. The number of aromatic nitrogens is 4. The molecule has 46 heavy (non-hydrogen) atoms. The Morgan fingerprint density at radius 2 is 1.57 bits per heavy atom. The van der Waals surface area contributed by atoms with E-state index in [-0.39, 0.29) is 110 Å². The number of hydrogen-bond donors (Lipinski definition) is 5. The van der Waals surface area contributed by atoms with Gasteiger partial charge in [0.15, 0.2) is 0 Å². The van der Waals surface area contributed by atoms with Crippen molar-refractivity contribution in [3.63, 3.8) is 0 Å². The summed E-state index contributed by atoms with van der Waals surface area (Å²) in [6.07, 6.45) is 2.03. The first-order valence-corrected chi connectivity index (χ1v) is 14.6. The standard InChI is InChI=1S/C34H36N4O6.K.Mg.3H/c1-7-19-15(3)23-12-25-17(5)21(9-10-29(39)40)32(37-25)22(11-30(41)42)33-31(34(43)44)18(6)26(38-33)14-28-20(8-2)16(4)24(36-28)13-27(19)35-23;;;;;/h7,12-14,17,21,35-36H,1,8-11H2,2-6H3,(H,39,40)(H,41,42)(H,43,44);;;;;/t17-,21-;;;;;/m0...../s1. The number of carboxylic acid groups (broad SMARTS) is 3. The second kappa shape index (κ2) is 15.1. The number of carboxylic acids is 3. The molecule has 0 amide bonds. The number of H-pyrrole nitrogens is 2. The Kier molecular flexibility index (Phi) is 12.4. The Morgan fingerprint density at radius 1 is 0.913 bits per heavy atom. The van der Waals surface area contributed by atoms with Crippen molar-refractivity contribution in [2.24, 2.45) is 0 Å². The fourth-order valence-electron chi connectivity index (χ4n) is 6.53. The van der Waals surface area contributed by atoms with Gasteiger partial charge in [0.25, 0.3) is 0 Å². The second-order valence-corrected chi connectivity index (χ2v) is 11.5. The molecule has 12 heteroatoms. The average Bonchev–Trinajstić information content (AvgIpc) is 3.63. The molecule has 5 heterocycles. The maximum absolute atomic E-state index is 12.7. The van der Waals surface area contributed by atoms with Gasteiger partial charge < -0.3 is 25.3 Å². The SMILES string of the molecule is C=Cc1c(C)c2cc3nc(c(CC(=O)O)c4nc(cc5[nH]c(cc1[nH]2)c(C)c5CC)C(C)=C4C(=O)O)[C@@H](CCC(=O)O)[C@@H]3C.[KH].[MgH2]. The minimum absolute atomic E-state index is 0. The number of allylic oxidation sites excluding steroid dienone is 1. The molecule has 8 bridgehead atoms. The molecule has 0 unspecified atom stereocenters. The predicted molar refractivity (Wildman–Crippen MR) is 185 cm³/mol. The second-order valence-electron chi connectivity index (χ2n) is 11.5. The summed E-state index contributed by atoms with van der Waals surface area (Å²) in [5.74, 6) is -4.13. The largest absolute Gasteiger partial charge is 0.316 e. The van der Waals surface area contributed by atoms with Gasteiger partial charge >= 0.3 is 92.3 Å². The zero-order chi connectivity index (χ0) is 32.0. The van der Waals surface area contributed by atoms with Crippen LogP contribution < -0.4 is 0 Å². The quantitative estimate of drug-likeness (QED) is 0.211. The number of aromatic amines is 2. The summed E-state index contributed by atoms with van der Waals surface area (Å²) >= 11 is 0. The van der Waals surface area contributed by atoms with Crippen LogP contribution in [0.15, 0.2) is 24.8 Å². The monoisotopic (exact) mass is 662 g/mol. The van der Waals surface area contributed by atoms with Gasteiger partial charge in [0.1, 0.15) is 0 Å². The number of carbonyl (C=O) groups is 3. The van der Waals surface area contributed by atoms with Crippen molar-refractivity contribution in [2.45, 2.75) is 72.1 Å². The number of aryl methyl sites for hydroxylation is 3. The maximum atomic E-state index is 12.7. The third kappa shape index (κ3) is 6.98. The Bertz CT molecular complexity index is 1960. The minimum atomic E-state index is -1.23. The average molecular weight is 663 g/mol. The van der Waals surface area contributed by atoms with Gasteiger partial charge in [-0.3, -0.25) is 14.6 Å². The minimum Gasteiger partial charge on any atom is 0.316 e. The number of nitrogens with zero attached hydrogens (tertiary/aromatic N) is 2. The molecule has 5 N–H and O–H groups in total. The molecular weight excluding hydrogens is 624 g/mol. The summed E-state index contributed by atoms with van der Waals surface area (Å²) in [6, 6.07) is 5.75. The topological polar surface area (TPSA) is 169 Å². The van der Waals surface area contributed by atoms with Crippen LogP contribution in [0.1, 0.15) is 96.0 Å². The first-order chi connectivity index (χ1) is 20.9. The van der Waals surface area contributed by atoms with Crippen molar-refractivity contribution in [2.75, 3.05) is 0 Å². The number of fused-ring (bicyclic) bond motifs is 8. The van der Waals surface area contributed by atoms with Gasteiger partial charge in [-0.25, -0.2) is 9.78 Å². The zero-order valence-electron chi connectivity index (χ0n) is 25.5. The van der Waals surface area contributed by atoms with Crippen molar-refractivity contribution in [3.05, 3.63) is 75.4 Å². The first-order valence-electron chi connectivity index (χ1n) is 14.6. The van der Waals surface area contributed by atoms with Gasteiger partial charge in [0, 0.05) is 57.1 Å². The van der Waals surface area contributed by atoms with Crippen LogP contribution in [-0.4, -0.2) is 128 Å². The molecule has 2 aliphatic heterocycles. The fraction of sp³-hybridized carbons (Fsp3) is 0.324. The summed E-state index contributed by atoms with van der Waals surface area (Å²) in [6.45, 7) is 13.7. The first kappa shape index (κ1) is 37.9. The summed E-state index contributed by atoms with van der Waals surface area (Å²) in [4.78, 5) is 53.2. The van der Waals surface area contributed by atoms with E-state index in [1.807, 2.05) is 45.9 Å². The van der Waals surface area contributed by atoms with Crippen LogP contribution in [-0.2, 0) is 27.2 Å². The van der Waals surface area contributed by atoms with Gasteiger partial charge in [0.2, 0.25) is 0 Å². The summed E-state index contributed by atoms with van der Waals surface area (Å²) in [7, 11) is 0. The van der Waals surface area contributed by atoms with Gasteiger partial charge in [0.05, 0.1) is 29.1 Å². The van der Waals surface area contributed by atoms with E-state index in [1.165, 1.54) is 0 Å².